The first-order chi connectivity index (χ1) is 5.84. The third-order valence-electron chi connectivity index (χ3n) is 1.73. The highest BCUT2D eigenvalue weighted by Crippen LogP contribution is 2.17. The van der Waals surface area contributed by atoms with E-state index in [2.05, 4.69) is 22.6 Å². The lowest BCUT2D eigenvalue weighted by molar-refractivity contribution is 0.00585. The zero-order chi connectivity index (χ0) is 8.81. The standard InChI is InChI=1S/C8H15IO3/c1-2-10-3-4-12-8-6-11-5-7(8)9/h7-8H,2-6H2,1H3. The van der Waals surface area contributed by atoms with Crippen molar-refractivity contribution in [3.05, 3.63) is 0 Å². The summed E-state index contributed by atoms with van der Waals surface area (Å²) in [6.07, 6.45) is 0.269. The molecule has 0 amide bonds. The number of rotatable bonds is 5. The summed E-state index contributed by atoms with van der Waals surface area (Å²) in [4.78, 5) is 0. The predicted molar refractivity (Wildman–Crippen MR) is 54.9 cm³/mol. The maximum absolute atomic E-state index is 5.56. The molecule has 2 unspecified atom stereocenters. The van der Waals surface area contributed by atoms with Crippen molar-refractivity contribution in [1.29, 1.82) is 0 Å². The van der Waals surface area contributed by atoms with E-state index in [1.165, 1.54) is 0 Å². The van der Waals surface area contributed by atoms with Crippen molar-refractivity contribution in [2.45, 2.75) is 17.0 Å². The Morgan fingerprint density at radius 2 is 2.25 bits per heavy atom. The molecule has 0 aromatic carbocycles. The van der Waals surface area contributed by atoms with Crippen molar-refractivity contribution in [2.24, 2.45) is 0 Å². The molecule has 2 atom stereocenters. The molecule has 0 spiro atoms. The lowest BCUT2D eigenvalue weighted by Gasteiger charge is -2.12. The molecule has 0 radical (unpaired) electrons. The second-order valence-electron chi connectivity index (χ2n) is 2.66. The molecule has 0 saturated carbocycles. The second kappa shape index (κ2) is 6.12. The van der Waals surface area contributed by atoms with Crippen LogP contribution in [0.15, 0.2) is 0 Å². The van der Waals surface area contributed by atoms with Crippen LogP contribution in [0.2, 0.25) is 0 Å². The van der Waals surface area contributed by atoms with E-state index in [-0.39, 0.29) is 6.10 Å². The molecule has 0 aliphatic carbocycles. The van der Waals surface area contributed by atoms with Crippen LogP contribution in [-0.4, -0.2) is 43.1 Å². The van der Waals surface area contributed by atoms with E-state index >= 15 is 0 Å². The average molecular weight is 286 g/mol. The van der Waals surface area contributed by atoms with Crippen molar-refractivity contribution < 1.29 is 14.2 Å². The van der Waals surface area contributed by atoms with E-state index in [0.717, 1.165) is 19.8 Å². The minimum absolute atomic E-state index is 0.269. The Kier molecular flexibility index (Phi) is 5.45. The highest BCUT2D eigenvalue weighted by molar-refractivity contribution is 14.1. The summed E-state index contributed by atoms with van der Waals surface area (Å²) in [5, 5.41) is 0. The van der Waals surface area contributed by atoms with E-state index in [4.69, 9.17) is 14.2 Å². The van der Waals surface area contributed by atoms with Crippen LogP contribution in [0.3, 0.4) is 0 Å². The van der Waals surface area contributed by atoms with E-state index in [9.17, 15) is 0 Å². The molecule has 3 nitrogen and oxygen atoms in total. The molecular weight excluding hydrogens is 271 g/mol. The molecule has 12 heavy (non-hydrogen) atoms. The molecule has 1 saturated heterocycles. The van der Waals surface area contributed by atoms with Crippen LogP contribution in [0.1, 0.15) is 6.92 Å². The zero-order valence-electron chi connectivity index (χ0n) is 7.29. The fourth-order valence-electron chi connectivity index (χ4n) is 1.06. The highest BCUT2D eigenvalue weighted by Gasteiger charge is 2.25. The van der Waals surface area contributed by atoms with Gasteiger partial charge in [-0.3, -0.25) is 0 Å². The van der Waals surface area contributed by atoms with Gasteiger partial charge < -0.3 is 14.2 Å². The van der Waals surface area contributed by atoms with Crippen molar-refractivity contribution in [3.63, 3.8) is 0 Å². The van der Waals surface area contributed by atoms with Crippen LogP contribution in [0, 0.1) is 0 Å². The van der Waals surface area contributed by atoms with Crippen molar-refractivity contribution in [3.8, 4) is 0 Å². The summed E-state index contributed by atoms with van der Waals surface area (Å²) in [6, 6.07) is 0. The summed E-state index contributed by atoms with van der Waals surface area (Å²) in [7, 11) is 0. The molecule has 1 aliphatic heterocycles. The van der Waals surface area contributed by atoms with Gasteiger partial charge in [-0.15, -0.1) is 0 Å². The van der Waals surface area contributed by atoms with Crippen LogP contribution in [0.5, 0.6) is 0 Å². The van der Waals surface area contributed by atoms with Crippen LogP contribution in [0.25, 0.3) is 0 Å². The molecule has 1 heterocycles. The number of hydrogen-bond acceptors (Lipinski definition) is 3. The smallest absolute Gasteiger partial charge is 0.0949 e. The van der Waals surface area contributed by atoms with Gasteiger partial charge in [-0.1, -0.05) is 22.6 Å². The van der Waals surface area contributed by atoms with Gasteiger partial charge in [0.25, 0.3) is 0 Å². The van der Waals surface area contributed by atoms with Gasteiger partial charge in [0.2, 0.25) is 0 Å². The second-order valence-corrected chi connectivity index (χ2v) is 4.26. The fraction of sp³-hybridized carbons (Fsp3) is 1.00. The number of halogens is 1. The normalized spacial score (nSPS) is 29.5. The molecule has 0 aromatic rings. The SMILES string of the molecule is CCOCCOC1COCC1I. The molecule has 0 aromatic heterocycles. The molecule has 4 heteroatoms. The Morgan fingerprint density at radius 1 is 1.42 bits per heavy atom. The Balaban J connectivity index is 1.98. The highest BCUT2D eigenvalue weighted by atomic mass is 127. The largest absolute Gasteiger partial charge is 0.379 e. The van der Waals surface area contributed by atoms with Gasteiger partial charge in [-0.05, 0) is 6.92 Å². The predicted octanol–water partition coefficient (Wildman–Crippen LogP) is 1.24. The summed E-state index contributed by atoms with van der Waals surface area (Å²) in [5.41, 5.74) is 0. The lowest BCUT2D eigenvalue weighted by Crippen LogP contribution is -2.24. The first-order valence-corrected chi connectivity index (χ1v) is 5.50. The number of alkyl halides is 1. The van der Waals surface area contributed by atoms with Gasteiger partial charge in [-0.25, -0.2) is 0 Å². The minimum atomic E-state index is 0.269. The monoisotopic (exact) mass is 286 g/mol. The maximum atomic E-state index is 5.56. The zero-order valence-corrected chi connectivity index (χ0v) is 9.45. The van der Waals surface area contributed by atoms with Crippen molar-refractivity contribution in [2.75, 3.05) is 33.0 Å². The number of ether oxygens (including phenoxy) is 3. The third-order valence-corrected chi connectivity index (χ3v) is 2.89. The van der Waals surface area contributed by atoms with Gasteiger partial charge in [0.05, 0.1) is 36.5 Å². The lowest BCUT2D eigenvalue weighted by atomic mass is 10.3. The summed E-state index contributed by atoms with van der Waals surface area (Å²) in [5.74, 6) is 0. The van der Waals surface area contributed by atoms with Crippen LogP contribution in [0.4, 0.5) is 0 Å². The van der Waals surface area contributed by atoms with E-state index in [0.29, 0.717) is 17.1 Å². The van der Waals surface area contributed by atoms with Crippen molar-refractivity contribution in [1.82, 2.24) is 0 Å². The van der Waals surface area contributed by atoms with Gasteiger partial charge in [-0.2, -0.15) is 0 Å². The fourth-order valence-corrected chi connectivity index (χ4v) is 1.73. The van der Waals surface area contributed by atoms with Gasteiger partial charge in [0.15, 0.2) is 0 Å². The number of hydrogen-bond donors (Lipinski definition) is 0. The molecule has 0 N–H and O–H groups in total. The topological polar surface area (TPSA) is 27.7 Å². The van der Waals surface area contributed by atoms with E-state index < -0.39 is 0 Å². The van der Waals surface area contributed by atoms with Gasteiger partial charge in [0.1, 0.15) is 0 Å². The molecule has 0 bridgehead atoms. The van der Waals surface area contributed by atoms with E-state index in [1.54, 1.807) is 0 Å². The minimum Gasteiger partial charge on any atom is -0.379 e. The van der Waals surface area contributed by atoms with Crippen LogP contribution >= 0.6 is 22.6 Å². The molecule has 72 valence electrons. The van der Waals surface area contributed by atoms with Crippen LogP contribution in [-0.2, 0) is 14.2 Å². The molecule has 1 rings (SSSR count). The summed E-state index contributed by atoms with van der Waals surface area (Å²) in [6.45, 7) is 5.68. The molecule has 1 aliphatic rings. The van der Waals surface area contributed by atoms with E-state index in [1.807, 2.05) is 6.92 Å². The molecule has 1 fully saturated rings. The Hall–Kier alpha value is 0.610. The molecular formula is C8H15IO3. The first-order valence-electron chi connectivity index (χ1n) is 4.25. The summed E-state index contributed by atoms with van der Waals surface area (Å²) >= 11 is 2.36. The third kappa shape index (κ3) is 3.55. The van der Waals surface area contributed by atoms with Crippen LogP contribution < -0.4 is 0 Å². The average Bonchev–Trinajstić information content (AvgIpc) is 2.46. The Bertz CT molecular complexity index is 121. The van der Waals surface area contributed by atoms with Crippen molar-refractivity contribution >= 4 is 22.6 Å². The maximum Gasteiger partial charge on any atom is 0.0949 e. The summed E-state index contributed by atoms with van der Waals surface area (Å²) < 4.78 is 16.5. The first kappa shape index (κ1) is 10.7. The Labute approximate surface area is 86.9 Å². The quantitative estimate of drug-likeness (QED) is 0.432. The Morgan fingerprint density at radius 3 is 2.83 bits per heavy atom. The van der Waals surface area contributed by atoms with Gasteiger partial charge >= 0.3 is 0 Å². The van der Waals surface area contributed by atoms with Gasteiger partial charge in [0, 0.05) is 6.61 Å².